The van der Waals surface area contributed by atoms with Gasteiger partial charge in [0, 0.05) is 17.1 Å². The minimum absolute atomic E-state index is 0.0193. The quantitative estimate of drug-likeness (QED) is 0.852. The third-order valence-corrected chi connectivity index (χ3v) is 3.11. The van der Waals surface area contributed by atoms with Gasteiger partial charge in [-0.05, 0) is 17.7 Å². The number of hydrogen-bond donors (Lipinski definition) is 1. The zero-order valence-corrected chi connectivity index (χ0v) is 11.3. The van der Waals surface area contributed by atoms with Gasteiger partial charge in [-0.1, -0.05) is 30.3 Å². The molecule has 0 aromatic heterocycles. The Hall–Kier alpha value is -1.94. The Morgan fingerprint density at radius 3 is 2.50 bits per heavy atom. The molecule has 0 radical (unpaired) electrons. The molecule has 0 aliphatic heterocycles. The van der Waals surface area contributed by atoms with Crippen LogP contribution in [0.3, 0.4) is 0 Å². The lowest BCUT2D eigenvalue weighted by Gasteiger charge is -2.09. The number of nitrogens with one attached hydrogen (secondary N) is 1. The fourth-order valence-electron chi connectivity index (χ4n) is 1.81. The molecule has 1 N–H and O–H groups in total. The number of halogens is 3. The lowest BCUT2D eigenvalue weighted by Crippen LogP contribution is -2.16. The van der Waals surface area contributed by atoms with E-state index >= 15 is 0 Å². The van der Waals surface area contributed by atoms with Gasteiger partial charge in [0.25, 0.3) is 0 Å². The van der Waals surface area contributed by atoms with E-state index in [0.717, 1.165) is 11.6 Å². The van der Waals surface area contributed by atoms with Crippen molar-refractivity contribution in [2.75, 3.05) is 5.32 Å². The van der Waals surface area contributed by atoms with Crippen molar-refractivity contribution in [3.8, 4) is 0 Å². The van der Waals surface area contributed by atoms with E-state index in [0.29, 0.717) is 5.69 Å². The van der Waals surface area contributed by atoms with E-state index in [1.165, 1.54) is 12.1 Å². The molecule has 2 nitrogen and oxygen atoms in total. The van der Waals surface area contributed by atoms with Crippen LogP contribution >= 0.6 is 11.6 Å². The normalized spacial score (nSPS) is 10.3. The molecule has 0 saturated carbocycles. The molecule has 104 valence electrons. The summed E-state index contributed by atoms with van der Waals surface area (Å²) in [5, 5.41) is 2.64. The van der Waals surface area contributed by atoms with E-state index in [2.05, 4.69) is 5.32 Å². The molecule has 2 rings (SSSR count). The fourth-order valence-corrected chi connectivity index (χ4v) is 2.04. The van der Waals surface area contributed by atoms with Crippen molar-refractivity contribution in [3.63, 3.8) is 0 Å². The third kappa shape index (κ3) is 3.33. The number of alkyl halides is 1. The topological polar surface area (TPSA) is 29.1 Å². The van der Waals surface area contributed by atoms with Crippen molar-refractivity contribution < 1.29 is 13.6 Å². The molecular weight excluding hydrogens is 284 g/mol. The summed E-state index contributed by atoms with van der Waals surface area (Å²) in [7, 11) is 0. The van der Waals surface area contributed by atoms with Gasteiger partial charge in [-0.25, -0.2) is 8.78 Å². The minimum Gasteiger partial charge on any atom is -0.326 e. The zero-order chi connectivity index (χ0) is 14.5. The third-order valence-electron chi connectivity index (χ3n) is 2.82. The van der Waals surface area contributed by atoms with Gasteiger partial charge in [-0.2, -0.15) is 0 Å². The highest BCUT2D eigenvalue weighted by atomic mass is 35.5. The molecule has 0 aliphatic carbocycles. The van der Waals surface area contributed by atoms with E-state index in [4.69, 9.17) is 11.6 Å². The van der Waals surface area contributed by atoms with E-state index in [1.807, 2.05) is 0 Å². The summed E-state index contributed by atoms with van der Waals surface area (Å²) in [5.74, 6) is -2.12. The van der Waals surface area contributed by atoms with Gasteiger partial charge in [0.1, 0.15) is 0 Å². The van der Waals surface area contributed by atoms with Crippen LogP contribution in [0.25, 0.3) is 0 Å². The Labute approximate surface area is 120 Å². The SMILES string of the molecule is O=C(Cc1cccc(F)c1F)Nc1ccccc1CCl. The number of para-hydroxylation sites is 1. The van der Waals surface area contributed by atoms with Gasteiger partial charge in [0.05, 0.1) is 6.42 Å². The Balaban J connectivity index is 2.11. The van der Waals surface area contributed by atoms with Crippen LogP contribution in [0.5, 0.6) is 0 Å². The molecule has 2 aromatic carbocycles. The molecule has 5 heteroatoms. The van der Waals surface area contributed by atoms with E-state index in [1.54, 1.807) is 24.3 Å². The van der Waals surface area contributed by atoms with Crippen molar-refractivity contribution >= 4 is 23.2 Å². The number of amides is 1. The smallest absolute Gasteiger partial charge is 0.228 e. The maximum Gasteiger partial charge on any atom is 0.228 e. The van der Waals surface area contributed by atoms with Crippen LogP contribution in [0.2, 0.25) is 0 Å². The number of anilines is 1. The van der Waals surface area contributed by atoms with Crippen LogP contribution in [-0.2, 0) is 17.1 Å². The summed E-state index contributed by atoms with van der Waals surface area (Å²) < 4.78 is 26.5. The first kappa shape index (κ1) is 14.5. The predicted molar refractivity (Wildman–Crippen MR) is 74.7 cm³/mol. The molecule has 0 unspecified atom stereocenters. The van der Waals surface area contributed by atoms with Gasteiger partial charge in [-0.15, -0.1) is 11.6 Å². The van der Waals surface area contributed by atoms with E-state index < -0.39 is 17.5 Å². The Morgan fingerprint density at radius 1 is 1.05 bits per heavy atom. The van der Waals surface area contributed by atoms with E-state index in [-0.39, 0.29) is 17.9 Å². The number of carbonyl (C=O) groups excluding carboxylic acids is 1. The summed E-state index contributed by atoms with van der Waals surface area (Å²) in [4.78, 5) is 11.9. The van der Waals surface area contributed by atoms with Gasteiger partial charge < -0.3 is 5.32 Å². The molecule has 1 amide bonds. The van der Waals surface area contributed by atoms with Gasteiger partial charge in [0.15, 0.2) is 11.6 Å². The highest BCUT2D eigenvalue weighted by molar-refractivity contribution is 6.17. The van der Waals surface area contributed by atoms with Crippen molar-refractivity contribution in [1.29, 1.82) is 0 Å². The fraction of sp³-hybridized carbons (Fsp3) is 0.133. The van der Waals surface area contributed by atoms with Crippen LogP contribution in [0.15, 0.2) is 42.5 Å². The highest BCUT2D eigenvalue weighted by Gasteiger charge is 2.12. The summed E-state index contributed by atoms with van der Waals surface area (Å²) in [6, 6.07) is 10.8. The molecule has 0 aliphatic rings. The Kier molecular flexibility index (Phi) is 4.69. The molecule has 2 aromatic rings. The largest absolute Gasteiger partial charge is 0.326 e. The first-order chi connectivity index (χ1) is 9.61. The standard InChI is InChI=1S/C15H12ClF2NO/c16-9-11-4-1-2-7-13(11)19-14(20)8-10-5-3-6-12(17)15(10)18/h1-7H,8-9H2,(H,19,20). The molecule has 20 heavy (non-hydrogen) atoms. The lowest BCUT2D eigenvalue weighted by molar-refractivity contribution is -0.115. The molecule has 0 saturated heterocycles. The van der Waals surface area contributed by atoms with Crippen LogP contribution in [0.1, 0.15) is 11.1 Å². The van der Waals surface area contributed by atoms with Crippen LogP contribution < -0.4 is 5.32 Å². The minimum atomic E-state index is -0.992. The van der Waals surface area contributed by atoms with Crippen molar-refractivity contribution in [1.82, 2.24) is 0 Å². The number of carbonyl (C=O) groups is 1. The zero-order valence-electron chi connectivity index (χ0n) is 10.5. The van der Waals surface area contributed by atoms with Crippen LogP contribution in [0.4, 0.5) is 14.5 Å². The Bertz CT molecular complexity index is 631. The molecule has 0 bridgehead atoms. The molecular formula is C15H12ClF2NO. The summed E-state index contributed by atoms with van der Waals surface area (Å²) >= 11 is 5.76. The van der Waals surface area contributed by atoms with Crippen molar-refractivity contribution in [3.05, 3.63) is 65.2 Å². The molecule has 0 heterocycles. The second-order valence-electron chi connectivity index (χ2n) is 4.23. The maximum absolute atomic E-state index is 13.5. The number of hydrogen-bond acceptors (Lipinski definition) is 1. The van der Waals surface area contributed by atoms with Gasteiger partial charge >= 0.3 is 0 Å². The number of benzene rings is 2. The van der Waals surface area contributed by atoms with Crippen molar-refractivity contribution in [2.45, 2.75) is 12.3 Å². The summed E-state index contributed by atoms with van der Waals surface area (Å²) in [5.41, 5.74) is 1.36. The molecule has 0 spiro atoms. The summed E-state index contributed by atoms with van der Waals surface area (Å²) in [6.07, 6.45) is -0.236. The second kappa shape index (κ2) is 6.48. The first-order valence-electron chi connectivity index (χ1n) is 5.98. The van der Waals surface area contributed by atoms with Gasteiger partial charge in [0.2, 0.25) is 5.91 Å². The van der Waals surface area contributed by atoms with Gasteiger partial charge in [-0.3, -0.25) is 4.79 Å². The average Bonchev–Trinajstić information content (AvgIpc) is 2.44. The van der Waals surface area contributed by atoms with Crippen LogP contribution in [0, 0.1) is 11.6 Å². The Morgan fingerprint density at radius 2 is 1.75 bits per heavy atom. The van der Waals surface area contributed by atoms with Crippen LogP contribution in [-0.4, -0.2) is 5.91 Å². The summed E-state index contributed by atoms with van der Waals surface area (Å²) in [6.45, 7) is 0. The lowest BCUT2D eigenvalue weighted by atomic mass is 10.1. The maximum atomic E-state index is 13.5. The first-order valence-corrected chi connectivity index (χ1v) is 6.52. The average molecular weight is 296 g/mol. The second-order valence-corrected chi connectivity index (χ2v) is 4.50. The molecule has 0 atom stereocenters. The predicted octanol–water partition coefficient (Wildman–Crippen LogP) is 3.88. The monoisotopic (exact) mass is 295 g/mol. The highest BCUT2D eigenvalue weighted by Crippen LogP contribution is 2.18. The number of rotatable bonds is 4. The van der Waals surface area contributed by atoms with E-state index in [9.17, 15) is 13.6 Å². The molecule has 0 fully saturated rings. The van der Waals surface area contributed by atoms with Crippen molar-refractivity contribution in [2.24, 2.45) is 0 Å².